The van der Waals surface area contributed by atoms with Gasteiger partial charge in [-0.3, -0.25) is 4.90 Å². The van der Waals surface area contributed by atoms with Crippen LogP contribution in [-0.2, 0) is 0 Å². The summed E-state index contributed by atoms with van der Waals surface area (Å²) in [5.74, 6) is 1.07. The van der Waals surface area contributed by atoms with Crippen molar-refractivity contribution in [1.29, 1.82) is 0 Å². The van der Waals surface area contributed by atoms with Crippen molar-refractivity contribution in [3.63, 3.8) is 0 Å². The van der Waals surface area contributed by atoms with E-state index < -0.39 is 0 Å². The molecule has 2 fully saturated rings. The number of rotatable bonds is 0. The molecule has 1 saturated carbocycles. The van der Waals surface area contributed by atoms with E-state index in [0.717, 1.165) is 12.0 Å². The Kier molecular flexibility index (Phi) is 1.54. The smallest absolute Gasteiger partial charge is 0.0132 e. The molecule has 0 aromatic rings. The van der Waals surface area contributed by atoms with Crippen molar-refractivity contribution >= 4 is 0 Å². The molecular weight excluding hydrogens is 134 g/mol. The molecule has 1 nitrogen and oxygen atoms in total. The molecule has 1 heteroatoms. The second-order valence-corrected chi connectivity index (χ2v) is 5.07. The van der Waals surface area contributed by atoms with Gasteiger partial charge in [0.05, 0.1) is 0 Å². The zero-order valence-electron chi connectivity index (χ0n) is 7.93. The third-order valence-electron chi connectivity index (χ3n) is 3.12. The highest BCUT2D eigenvalue weighted by Crippen LogP contribution is 2.45. The molecule has 0 radical (unpaired) electrons. The van der Waals surface area contributed by atoms with Crippen LogP contribution in [0.15, 0.2) is 0 Å². The fourth-order valence-electron chi connectivity index (χ4n) is 2.45. The quantitative estimate of drug-likeness (QED) is 0.516. The van der Waals surface area contributed by atoms with E-state index in [2.05, 4.69) is 25.7 Å². The largest absolute Gasteiger partial charge is 0.295 e. The van der Waals surface area contributed by atoms with Crippen molar-refractivity contribution in [2.24, 2.45) is 5.92 Å². The standard InChI is InChI=1S/C10H19N/c1-10(2,3)11-6-4-5-8-7-9(8)11/h8-9H,4-7H2,1-3H3. The SMILES string of the molecule is CC(C)(C)N1CCCC2CC21. The Morgan fingerprint density at radius 2 is 2.00 bits per heavy atom. The summed E-state index contributed by atoms with van der Waals surface area (Å²) in [5, 5.41) is 0. The number of hydrogen-bond donors (Lipinski definition) is 0. The molecule has 1 saturated heterocycles. The molecule has 2 aliphatic rings. The lowest BCUT2D eigenvalue weighted by molar-refractivity contribution is 0.0990. The summed E-state index contributed by atoms with van der Waals surface area (Å²) in [4.78, 5) is 2.70. The molecule has 2 atom stereocenters. The predicted molar refractivity (Wildman–Crippen MR) is 47.6 cm³/mol. The number of fused-ring (bicyclic) bond motifs is 1. The normalized spacial score (nSPS) is 38.5. The molecule has 0 aromatic carbocycles. The van der Waals surface area contributed by atoms with E-state index in [-0.39, 0.29) is 0 Å². The summed E-state index contributed by atoms with van der Waals surface area (Å²) in [6.07, 6.45) is 4.41. The highest BCUT2D eigenvalue weighted by molar-refractivity contribution is 5.01. The third-order valence-corrected chi connectivity index (χ3v) is 3.12. The maximum Gasteiger partial charge on any atom is 0.0132 e. The van der Waals surface area contributed by atoms with Gasteiger partial charge >= 0.3 is 0 Å². The molecule has 2 unspecified atom stereocenters. The van der Waals surface area contributed by atoms with Gasteiger partial charge in [0.1, 0.15) is 0 Å². The first-order valence-electron chi connectivity index (χ1n) is 4.86. The summed E-state index contributed by atoms with van der Waals surface area (Å²) >= 11 is 0. The maximum atomic E-state index is 2.70. The Morgan fingerprint density at radius 1 is 1.27 bits per heavy atom. The molecule has 0 N–H and O–H groups in total. The van der Waals surface area contributed by atoms with Crippen LogP contribution in [0.2, 0.25) is 0 Å². The molecule has 11 heavy (non-hydrogen) atoms. The lowest BCUT2D eigenvalue weighted by Gasteiger charge is -2.38. The average Bonchev–Trinajstić information content (AvgIpc) is 2.60. The zero-order valence-corrected chi connectivity index (χ0v) is 7.93. The molecule has 0 bridgehead atoms. The Labute approximate surface area is 69.8 Å². The summed E-state index contributed by atoms with van der Waals surface area (Å²) in [6.45, 7) is 8.36. The van der Waals surface area contributed by atoms with Crippen molar-refractivity contribution in [3.8, 4) is 0 Å². The van der Waals surface area contributed by atoms with Crippen LogP contribution in [0.4, 0.5) is 0 Å². The maximum absolute atomic E-state index is 2.70. The van der Waals surface area contributed by atoms with E-state index >= 15 is 0 Å². The minimum Gasteiger partial charge on any atom is -0.295 e. The molecule has 1 heterocycles. The van der Waals surface area contributed by atoms with Gasteiger partial charge in [-0.2, -0.15) is 0 Å². The van der Waals surface area contributed by atoms with Gasteiger partial charge in [-0.15, -0.1) is 0 Å². The van der Waals surface area contributed by atoms with Crippen LogP contribution >= 0.6 is 0 Å². The van der Waals surface area contributed by atoms with E-state index in [9.17, 15) is 0 Å². The van der Waals surface area contributed by atoms with Crippen LogP contribution < -0.4 is 0 Å². The van der Waals surface area contributed by atoms with Gasteiger partial charge in [0.25, 0.3) is 0 Å². The molecule has 1 aliphatic carbocycles. The first kappa shape index (κ1) is 7.60. The molecular formula is C10H19N. The van der Waals surface area contributed by atoms with Gasteiger partial charge in [-0.25, -0.2) is 0 Å². The second-order valence-electron chi connectivity index (χ2n) is 5.07. The summed E-state index contributed by atoms with van der Waals surface area (Å²) in [7, 11) is 0. The molecule has 0 aromatic heterocycles. The van der Waals surface area contributed by atoms with Gasteiger partial charge in [0.15, 0.2) is 0 Å². The highest BCUT2D eigenvalue weighted by atomic mass is 15.2. The monoisotopic (exact) mass is 153 g/mol. The molecule has 1 aliphatic heterocycles. The second kappa shape index (κ2) is 2.22. The highest BCUT2D eigenvalue weighted by Gasteiger charge is 2.47. The summed E-state index contributed by atoms with van der Waals surface area (Å²) in [6, 6.07) is 0.962. The van der Waals surface area contributed by atoms with E-state index in [4.69, 9.17) is 0 Å². The van der Waals surface area contributed by atoms with E-state index in [0.29, 0.717) is 5.54 Å². The number of hydrogen-bond acceptors (Lipinski definition) is 1. The Balaban J connectivity index is 2.03. The minimum atomic E-state index is 0.417. The zero-order chi connectivity index (χ0) is 8.06. The topological polar surface area (TPSA) is 3.24 Å². The van der Waals surface area contributed by atoms with Crippen LogP contribution in [0, 0.1) is 5.92 Å². The summed E-state index contributed by atoms with van der Waals surface area (Å²) in [5.41, 5.74) is 0.417. The fraction of sp³-hybridized carbons (Fsp3) is 1.00. The Morgan fingerprint density at radius 3 is 2.55 bits per heavy atom. The van der Waals surface area contributed by atoms with Crippen LogP contribution in [-0.4, -0.2) is 23.0 Å². The molecule has 0 amide bonds. The summed E-state index contributed by atoms with van der Waals surface area (Å²) < 4.78 is 0. The van der Waals surface area contributed by atoms with Crippen molar-refractivity contribution in [2.75, 3.05) is 6.54 Å². The van der Waals surface area contributed by atoms with Gasteiger partial charge in [0.2, 0.25) is 0 Å². The average molecular weight is 153 g/mol. The number of nitrogens with zero attached hydrogens (tertiary/aromatic N) is 1. The van der Waals surface area contributed by atoms with Gasteiger partial charge in [-0.1, -0.05) is 0 Å². The van der Waals surface area contributed by atoms with Crippen molar-refractivity contribution < 1.29 is 0 Å². The number of piperidine rings is 1. The fourth-order valence-corrected chi connectivity index (χ4v) is 2.45. The Hall–Kier alpha value is -0.0400. The first-order chi connectivity index (χ1) is 5.09. The van der Waals surface area contributed by atoms with E-state index in [1.807, 2.05) is 0 Å². The predicted octanol–water partition coefficient (Wildman–Crippen LogP) is 2.27. The molecule has 64 valence electrons. The minimum absolute atomic E-state index is 0.417. The lowest BCUT2D eigenvalue weighted by Crippen LogP contribution is -2.45. The molecule has 2 rings (SSSR count). The van der Waals surface area contributed by atoms with Crippen molar-refractivity contribution in [1.82, 2.24) is 4.90 Å². The number of likely N-dealkylation sites (tertiary alicyclic amines) is 1. The van der Waals surface area contributed by atoms with Gasteiger partial charge in [0, 0.05) is 11.6 Å². The lowest BCUT2D eigenvalue weighted by atomic mass is 10.0. The van der Waals surface area contributed by atoms with Crippen LogP contribution in [0.5, 0.6) is 0 Å². The van der Waals surface area contributed by atoms with Gasteiger partial charge in [-0.05, 0) is 52.5 Å². The van der Waals surface area contributed by atoms with Crippen molar-refractivity contribution in [3.05, 3.63) is 0 Å². The van der Waals surface area contributed by atoms with Crippen LogP contribution in [0.3, 0.4) is 0 Å². The molecule has 0 spiro atoms. The van der Waals surface area contributed by atoms with Crippen LogP contribution in [0.1, 0.15) is 40.0 Å². The Bertz CT molecular complexity index is 157. The third kappa shape index (κ3) is 1.31. The van der Waals surface area contributed by atoms with E-state index in [1.54, 1.807) is 0 Å². The first-order valence-corrected chi connectivity index (χ1v) is 4.86. The van der Waals surface area contributed by atoms with Gasteiger partial charge < -0.3 is 0 Å². The van der Waals surface area contributed by atoms with Crippen LogP contribution in [0.25, 0.3) is 0 Å². The van der Waals surface area contributed by atoms with Crippen molar-refractivity contribution in [2.45, 2.75) is 51.6 Å². The van der Waals surface area contributed by atoms with E-state index in [1.165, 1.54) is 25.8 Å².